The van der Waals surface area contributed by atoms with Gasteiger partial charge in [0.25, 0.3) is 0 Å². The molecule has 4 rings (SSSR count). The average Bonchev–Trinajstić information content (AvgIpc) is 3.09. The van der Waals surface area contributed by atoms with Gasteiger partial charge in [0, 0.05) is 12.2 Å². The third kappa shape index (κ3) is 2.34. The van der Waals surface area contributed by atoms with E-state index in [2.05, 4.69) is 10.3 Å². The maximum absolute atomic E-state index is 5.78. The Kier molecular flexibility index (Phi) is 2.82. The van der Waals surface area contributed by atoms with E-state index >= 15 is 0 Å². The molecule has 5 nitrogen and oxygen atoms in total. The monoisotopic (exact) mass is 299 g/mol. The molecule has 0 fully saturated rings. The molecule has 0 saturated carbocycles. The molecular formula is C15H13N3O2S. The lowest BCUT2D eigenvalue weighted by molar-refractivity contribution is 0.174. The van der Waals surface area contributed by atoms with E-state index in [0.29, 0.717) is 13.3 Å². The number of ether oxygens (including phenoxy) is 2. The SMILES string of the molecule is Nc1ccc2nc(NCc3ccc4c(c3)OCO4)sc2c1. The summed E-state index contributed by atoms with van der Waals surface area (Å²) in [5.41, 5.74) is 8.62. The number of hydrogen-bond acceptors (Lipinski definition) is 6. The Balaban J connectivity index is 1.52. The Morgan fingerprint density at radius 3 is 3.00 bits per heavy atom. The van der Waals surface area contributed by atoms with Crippen LogP contribution in [0, 0.1) is 0 Å². The predicted octanol–water partition coefficient (Wildman–Crippen LogP) is 3.22. The second kappa shape index (κ2) is 4.82. The van der Waals surface area contributed by atoms with E-state index in [0.717, 1.165) is 38.1 Å². The Hall–Kier alpha value is -2.47. The molecule has 0 bridgehead atoms. The Morgan fingerprint density at radius 2 is 2.05 bits per heavy atom. The van der Waals surface area contributed by atoms with Crippen LogP contribution in [0.3, 0.4) is 0 Å². The van der Waals surface area contributed by atoms with Crippen molar-refractivity contribution >= 4 is 32.4 Å². The molecule has 2 aromatic carbocycles. The third-order valence-corrected chi connectivity index (χ3v) is 4.27. The summed E-state index contributed by atoms with van der Waals surface area (Å²) >= 11 is 1.60. The molecule has 0 aliphatic carbocycles. The number of nitrogens with one attached hydrogen (secondary N) is 1. The van der Waals surface area contributed by atoms with Gasteiger partial charge in [-0.25, -0.2) is 4.98 Å². The molecule has 3 N–H and O–H groups in total. The van der Waals surface area contributed by atoms with Crippen molar-refractivity contribution in [2.75, 3.05) is 17.8 Å². The number of aromatic nitrogens is 1. The number of anilines is 2. The van der Waals surface area contributed by atoms with Gasteiger partial charge >= 0.3 is 0 Å². The van der Waals surface area contributed by atoms with Gasteiger partial charge in [-0.1, -0.05) is 17.4 Å². The second-order valence-corrected chi connectivity index (χ2v) is 5.82. The molecule has 1 aromatic heterocycles. The summed E-state index contributed by atoms with van der Waals surface area (Å²) < 4.78 is 11.8. The van der Waals surface area contributed by atoms with Gasteiger partial charge < -0.3 is 20.5 Å². The van der Waals surface area contributed by atoms with E-state index in [-0.39, 0.29) is 0 Å². The third-order valence-electron chi connectivity index (χ3n) is 3.29. The Bertz CT molecular complexity index is 816. The highest BCUT2D eigenvalue weighted by molar-refractivity contribution is 7.22. The summed E-state index contributed by atoms with van der Waals surface area (Å²) in [5.74, 6) is 1.60. The van der Waals surface area contributed by atoms with Crippen LogP contribution in [-0.4, -0.2) is 11.8 Å². The number of benzene rings is 2. The number of rotatable bonds is 3. The van der Waals surface area contributed by atoms with Crippen LogP contribution in [0.25, 0.3) is 10.2 Å². The fourth-order valence-electron chi connectivity index (χ4n) is 2.25. The van der Waals surface area contributed by atoms with Crippen molar-refractivity contribution < 1.29 is 9.47 Å². The van der Waals surface area contributed by atoms with Gasteiger partial charge in [0.2, 0.25) is 6.79 Å². The van der Waals surface area contributed by atoms with Crippen molar-refractivity contribution in [3.05, 3.63) is 42.0 Å². The zero-order valence-electron chi connectivity index (χ0n) is 11.1. The van der Waals surface area contributed by atoms with Gasteiger partial charge in [-0.3, -0.25) is 0 Å². The molecule has 1 aliphatic heterocycles. The first-order chi connectivity index (χ1) is 10.3. The highest BCUT2D eigenvalue weighted by atomic mass is 32.1. The fraction of sp³-hybridized carbons (Fsp3) is 0.133. The zero-order valence-corrected chi connectivity index (χ0v) is 11.9. The molecule has 2 heterocycles. The number of thiazole rings is 1. The van der Waals surface area contributed by atoms with Crippen molar-refractivity contribution in [3.8, 4) is 11.5 Å². The molecular weight excluding hydrogens is 286 g/mol. The molecule has 0 unspecified atom stereocenters. The summed E-state index contributed by atoms with van der Waals surface area (Å²) in [6.45, 7) is 0.984. The van der Waals surface area contributed by atoms with E-state index in [9.17, 15) is 0 Å². The van der Waals surface area contributed by atoms with E-state index in [1.165, 1.54) is 0 Å². The zero-order chi connectivity index (χ0) is 14.2. The number of nitrogens with two attached hydrogens (primary N) is 1. The Morgan fingerprint density at radius 1 is 1.14 bits per heavy atom. The van der Waals surface area contributed by atoms with E-state index in [1.54, 1.807) is 11.3 Å². The van der Waals surface area contributed by atoms with Crippen LogP contribution in [0.5, 0.6) is 11.5 Å². The summed E-state index contributed by atoms with van der Waals surface area (Å²) in [6, 6.07) is 11.7. The first kappa shape index (κ1) is 12.3. The molecule has 0 radical (unpaired) electrons. The minimum atomic E-state index is 0.297. The highest BCUT2D eigenvalue weighted by Crippen LogP contribution is 2.33. The standard InChI is InChI=1S/C15H13N3O2S/c16-10-2-3-11-14(6-10)21-15(18-11)17-7-9-1-4-12-13(5-9)20-8-19-12/h1-6H,7-8,16H2,(H,17,18). The molecule has 1 aliphatic rings. The quantitative estimate of drug-likeness (QED) is 0.727. The second-order valence-electron chi connectivity index (χ2n) is 4.79. The van der Waals surface area contributed by atoms with Gasteiger partial charge in [0.1, 0.15) is 0 Å². The lowest BCUT2D eigenvalue weighted by Gasteiger charge is -2.04. The number of hydrogen-bond donors (Lipinski definition) is 2. The number of fused-ring (bicyclic) bond motifs is 2. The van der Waals surface area contributed by atoms with Crippen molar-refractivity contribution in [1.29, 1.82) is 0 Å². The lowest BCUT2D eigenvalue weighted by atomic mass is 10.2. The van der Waals surface area contributed by atoms with E-state index in [4.69, 9.17) is 15.2 Å². The van der Waals surface area contributed by atoms with Crippen molar-refractivity contribution in [3.63, 3.8) is 0 Å². The number of nitrogen functional groups attached to an aromatic ring is 1. The molecule has 3 aromatic rings. The maximum atomic E-state index is 5.78. The van der Waals surface area contributed by atoms with Crippen LogP contribution in [0.15, 0.2) is 36.4 Å². The molecule has 0 atom stereocenters. The molecule has 106 valence electrons. The lowest BCUT2D eigenvalue weighted by Crippen LogP contribution is -1.98. The predicted molar refractivity (Wildman–Crippen MR) is 83.9 cm³/mol. The summed E-state index contributed by atoms with van der Waals surface area (Å²) in [6.07, 6.45) is 0. The Labute approximate surface area is 125 Å². The van der Waals surface area contributed by atoms with Crippen LogP contribution in [0.1, 0.15) is 5.56 Å². The van der Waals surface area contributed by atoms with E-state index < -0.39 is 0 Å². The molecule has 0 spiro atoms. The van der Waals surface area contributed by atoms with Gasteiger partial charge in [-0.2, -0.15) is 0 Å². The van der Waals surface area contributed by atoms with Crippen LogP contribution in [-0.2, 0) is 6.54 Å². The first-order valence-electron chi connectivity index (χ1n) is 6.56. The van der Waals surface area contributed by atoms with Gasteiger partial charge in [0.05, 0.1) is 10.2 Å². The normalized spacial score (nSPS) is 12.8. The van der Waals surface area contributed by atoms with Crippen molar-refractivity contribution in [1.82, 2.24) is 4.98 Å². The summed E-state index contributed by atoms with van der Waals surface area (Å²) in [4.78, 5) is 4.54. The molecule has 0 amide bonds. The molecule has 21 heavy (non-hydrogen) atoms. The maximum Gasteiger partial charge on any atom is 0.231 e. The minimum Gasteiger partial charge on any atom is -0.454 e. The topological polar surface area (TPSA) is 69.4 Å². The van der Waals surface area contributed by atoms with Gasteiger partial charge in [-0.15, -0.1) is 0 Å². The van der Waals surface area contributed by atoms with Crippen molar-refractivity contribution in [2.45, 2.75) is 6.54 Å². The van der Waals surface area contributed by atoms with Gasteiger partial charge in [0.15, 0.2) is 16.6 Å². The molecule has 6 heteroatoms. The summed E-state index contributed by atoms with van der Waals surface area (Å²) in [7, 11) is 0. The van der Waals surface area contributed by atoms with Gasteiger partial charge in [-0.05, 0) is 35.9 Å². The largest absolute Gasteiger partial charge is 0.454 e. The van der Waals surface area contributed by atoms with Crippen LogP contribution in [0.2, 0.25) is 0 Å². The summed E-state index contributed by atoms with van der Waals surface area (Å²) in [5, 5.41) is 4.21. The van der Waals surface area contributed by atoms with Crippen LogP contribution >= 0.6 is 11.3 Å². The fourth-order valence-corrected chi connectivity index (χ4v) is 3.16. The van der Waals surface area contributed by atoms with Crippen LogP contribution < -0.4 is 20.5 Å². The minimum absolute atomic E-state index is 0.297. The number of nitrogens with zero attached hydrogens (tertiary/aromatic N) is 1. The van der Waals surface area contributed by atoms with E-state index in [1.807, 2.05) is 36.4 Å². The average molecular weight is 299 g/mol. The van der Waals surface area contributed by atoms with Crippen LogP contribution in [0.4, 0.5) is 10.8 Å². The smallest absolute Gasteiger partial charge is 0.231 e. The van der Waals surface area contributed by atoms with Crippen molar-refractivity contribution in [2.24, 2.45) is 0 Å². The first-order valence-corrected chi connectivity index (χ1v) is 7.38. The highest BCUT2D eigenvalue weighted by Gasteiger charge is 2.13. The molecule has 0 saturated heterocycles.